The smallest absolute Gasteiger partial charge is 0.262 e. The highest BCUT2D eigenvalue weighted by molar-refractivity contribution is 5.91. The number of likely N-dealkylation sites (tertiary alicyclic amines) is 1. The fourth-order valence-corrected chi connectivity index (χ4v) is 3.22. The fraction of sp³-hybridized carbons (Fsp3) is 0.300. The first-order chi connectivity index (χ1) is 13.0. The number of carbonyl (C=O) groups excluding carboxylic acids is 2. The lowest BCUT2D eigenvalue weighted by atomic mass is 10.1. The summed E-state index contributed by atoms with van der Waals surface area (Å²) in [5.41, 5.74) is 7.07. The second-order valence-corrected chi connectivity index (χ2v) is 6.53. The summed E-state index contributed by atoms with van der Waals surface area (Å²) in [7, 11) is 0. The SMILES string of the molecule is NC(=O)C1CCCN1Cc1cccc(NC(=O)COc2cccc(F)c2)c1. The van der Waals surface area contributed by atoms with Crippen LogP contribution in [-0.4, -0.2) is 35.9 Å². The van der Waals surface area contributed by atoms with Crippen LogP contribution in [0.1, 0.15) is 18.4 Å². The van der Waals surface area contributed by atoms with Crippen LogP contribution in [0.3, 0.4) is 0 Å². The molecule has 1 saturated heterocycles. The van der Waals surface area contributed by atoms with Crippen LogP contribution < -0.4 is 15.8 Å². The molecule has 0 aliphatic carbocycles. The van der Waals surface area contributed by atoms with Gasteiger partial charge in [-0.2, -0.15) is 0 Å². The lowest BCUT2D eigenvalue weighted by Gasteiger charge is -2.22. The average Bonchev–Trinajstić information content (AvgIpc) is 3.09. The molecule has 1 unspecified atom stereocenters. The van der Waals surface area contributed by atoms with Gasteiger partial charge in [-0.25, -0.2) is 4.39 Å². The molecule has 1 fully saturated rings. The number of hydrogen-bond donors (Lipinski definition) is 2. The predicted octanol–water partition coefficient (Wildman–Crippen LogP) is 2.29. The van der Waals surface area contributed by atoms with E-state index in [0.717, 1.165) is 24.9 Å². The zero-order valence-electron chi connectivity index (χ0n) is 14.9. The normalized spacial score (nSPS) is 16.9. The van der Waals surface area contributed by atoms with Crippen LogP contribution in [0.5, 0.6) is 5.75 Å². The first-order valence-corrected chi connectivity index (χ1v) is 8.82. The number of benzene rings is 2. The van der Waals surface area contributed by atoms with Gasteiger partial charge in [-0.05, 0) is 49.2 Å². The highest BCUT2D eigenvalue weighted by atomic mass is 19.1. The van der Waals surface area contributed by atoms with Crippen molar-refractivity contribution in [1.82, 2.24) is 4.90 Å². The minimum Gasteiger partial charge on any atom is -0.484 e. The number of halogens is 1. The Labute approximate surface area is 157 Å². The zero-order chi connectivity index (χ0) is 19.2. The van der Waals surface area contributed by atoms with E-state index in [9.17, 15) is 14.0 Å². The number of hydrogen-bond acceptors (Lipinski definition) is 4. The topological polar surface area (TPSA) is 84.7 Å². The van der Waals surface area contributed by atoms with E-state index in [-0.39, 0.29) is 24.5 Å². The maximum absolute atomic E-state index is 13.1. The largest absolute Gasteiger partial charge is 0.484 e. The molecule has 2 aromatic rings. The minimum absolute atomic E-state index is 0.219. The molecule has 0 aromatic heterocycles. The first-order valence-electron chi connectivity index (χ1n) is 8.82. The van der Waals surface area contributed by atoms with Gasteiger partial charge in [-0.1, -0.05) is 18.2 Å². The highest BCUT2D eigenvalue weighted by Crippen LogP contribution is 2.21. The van der Waals surface area contributed by atoms with Crippen molar-refractivity contribution >= 4 is 17.5 Å². The van der Waals surface area contributed by atoms with E-state index in [2.05, 4.69) is 10.2 Å². The van der Waals surface area contributed by atoms with Crippen LogP contribution in [0, 0.1) is 5.82 Å². The van der Waals surface area contributed by atoms with E-state index in [1.165, 1.54) is 18.2 Å². The van der Waals surface area contributed by atoms with E-state index in [1.807, 2.05) is 18.2 Å². The van der Waals surface area contributed by atoms with E-state index in [4.69, 9.17) is 10.5 Å². The summed E-state index contributed by atoms with van der Waals surface area (Å²) in [4.78, 5) is 25.6. The minimum atomic E-state index is -0.420. The number of rotatable bonds is 7. The summed E-state index contributed by atoms with van der Waals surface area (Å²) in [6.07, 6.45) is 1.73. The Kier molecular flexibility index (Phi) is 6.03. The molecule has 1 heterocycles. The molecule has 3 N–H and O–H groups in total. The third kappa shape index (κ3) is 5.27. The first kappa shape index (κ1) is 18.8. The van der Waals surface area contributed by atoms with Gasteiger partial charge in [0.25, 0.3) is 5.91 Å². The molecule has 0 saturated carbocycles. The van der Waals surface area contributed by atoms with Gasteiger partial charge in [0, 0.05) is 18.3 Å². The fourth-order valence-electron chi connectivity index (χ4n) is 3.22. The maximum atomic E-state index is 13.1. The lowest BCUT2D eigenvalue weighted by Crippen LogP contribution is -2.39. The van der Waals surface area contributed by atoms with E-state index >= 15 is 0 Å². The van der Waals surface area contributed by atoms with Gasteiger partial charge >= 0.3 is 0 Å². The zero-order valence-corrected chi connectivity index (χ0v) is 14.9. The maximum Gasteiger partial charge on any atom is 0.262 e. The molecule has 2 amide bonds. The van der Waals surface area contributed by atoms with Gasteiger partial charge in [-0.15, -0.1) is 0 Å². The lowest BCUT2D eigenvalue weighted by molar-refractivity contribution is -0.122. The standard InChI is InChI=1S/C20H22FN3O3/c21-15-5-2-7-17(11-15)27-13-19(25)23-16-6-1-4-14(10-16)12-24-9-3-8-18(24)20(22)26/h1-2,4-7,10-11,18H,3,8-9,12-13H2,(H2,22,26)(H,23,25). The molecule has 0 spiro atoms. The second-order valence-electron chi connectivity index (χ2n) is 6.53. The van der Waals surface area contributed by atoms with Gasteiger partial charge in [0.1, 0.15) is 11.6 Å². The molecule has 1 aliphatic rings. The number of anilines is 1. The average molecular weight is 371 g/mol. The monoisotopic (exact) mass is 371 g/mol. The van der Waals surface area contributed by atoms with Gasteiger partial charge in [0.2, 0.25) is 5.91 Å². The van der Waals surface area contributed by atoms with Crippen molar-refractivity contribution in [3.8, 4) is 5.75 Å². The van der Waals surface area contributed by atoms with Gasteiger partial charge in [-0.3, -0.25) is 14.5 Å². The number of carbonyl (C=O) groups is 2. The number of amides is 2. The van der Waals surface area contributed by atoms with Crippen LogP contribution in [-0.2, 0) is 16.1 Å². The quantitative estimate of drug-likeness (QED) is 0.782. The van der Waals surface area contributed by atoms with Gasteiger partial charge < -0.3 is 15.8 Å². The molecular formula is C20H22FN3O3. The third-order valence-corrected chi connectivity index (χ3v) is 4.45. The Morgan fingerprint density at radius 3 is 2.81 bits per heavy atom. The highest BCUT2D eigenvalue weighted by Gasteiger charge is 2.28. The van der Waals surface area contributed by atoms with Crippen LogP contribution >= 0.6 is 0 Å². The van der Waals surface area contributed by atoms with Crippen LogP contribution in [0.2, 0.25) is 0 Å². The number of nitrogens with zero attached hydrogens (tertiary/aromatic N) is 1. The Morgan fingerprint density at radius 1 is 1.22 bits per heavy atom. The Bertz CT molecular complexity index is 828. The van der Waals surface area contributed by atoms with E-state index in [1.54, 1.807) is 12.1 Å². The molecule has 1 aliphatic heterocycles. The summed E-state index contributed by atoms with van der Waals surface area (Å²) < 4.78 is 18.4. The molecule has 1 atom stereocenters. The third-order valence-electron chi connectivity index (χ3n) is 4.45. The molecule has 0 bridgehead atoms. The molecule has 7 heteroatoms. The van der Waals surface area contributed by atoms with Crippen LogP contribution in [0.25, 0.3) is 0 Å². The molecule has 0 radical (unpaired) electrons. The van der Waals surface area contributed by atoms with Gasteiger partial charge in [0.05, 0.1) is 6.04 Å². The van der Waals surface area contributed by atoms with Crippen molar-refractivity contribution in [3.63, 3.8) is 0 Å². The molecule has 27 heavy (non-hydrogen) atoms. The van der Waals surface area contributed by atoms with Crippen molar-refractivity contribution in [2.24, 2.45) is 5.73 Å². The number of nitrogens with two attached hydrogens (primary N) is 1. The molecular weight excluding hydrogens is 349 g/mol. The van der Waals surface area contributed by atoms with Crippen molar-refractivity contribution in [3.05, 3.63) is 59.9 Å². The summed E-state index contributed by atoms with van der Waals surface area (Å²) in [5, 5.41) is 2.76. The van der Waals surface area contributed by atoms with Crippen molar-refractivity contribution < 1.29 is 18.7 Å². The number of ether oxygens (including phenoxy) is 1. The van der Waals surface area contributed by atoms with Crippen molar-refractivity contribution in [2.75, 3.05) is 18.5 Å². The van der Waals surface area contributed by atoms with Crippen molar-refractivity contribution in [2.45, 2.75) is 25.4 Å². The molecule has 142 valence electrons. The Morgan fingerprint density at radius 2 is 2.04 bits per heavy atom. The Hall–Kier alpha value is -2.93. The molecule has 3 rings (SSSR count). The van der Waals surface area contributed by atoms with Crippen LogP contribution in [0.4, 0.5) is 10.1 Å². The summed E-state index contributed by atoms with van der Waals surface area (Å²) in [5.74, 6) is -0.763. The van der Waals surface area contributed by atoms with Crippen LogP contribution in [0.15, 0.2) is 48.5 Å². The number of primary amides is 1. The molecule has 6 nitrogen and oxygen atoms in total. The van der Waals surface area contributed by atoms with E-state index in [0.29, 0.717) is 18.0 Å². The summed E-state index contributed by atoms with van der Waals surface area (Å²) in [6.45, 7) is 1.20. The number of nitrogens with one attached hydrogen (secondary N) is 1. The summed E-state index contributed by atoms with van der Waals surface area (Å²) >= 11 is 0. The summed E-state index contributed by atoms with van der Waals surface area (Å²) in [6, 6.07) is 12.8. The molecule has 2 aromatic carbocycles. The predicted molar refractivity (Wildman–Crippen MR) is 99.6 cm³/mol. The van der Waals surface area contributed by atoms with Gasteiger partial charge in [0.15, 0.2) is 6.61 Å². The van der Waals surface area contributed by atoms with Crippen molar-refractivity contribution in [1.29, 1.82) is 0 Å². The van der Waals surface area contributed by atoms with E-state index < -0.39 is 5.82 Å². The second kappa shape index (κ2) is 8.64. The Balaban J connectivity index is 1.55.